The van der Waals surface area contributed by atoms with Gasteiger partial charge < -0.3 is 5.11 Å². The zero-order chi connectivity index (χ0) is 18.0. The zero-order valence-corrected chi connectivity index (χ0v) is 15.2. The van der Waals surface area contributed by atoms with E-state index < -0.39 is 6.10 Å². The summed E-state index contributed by atoms with van der Waals surface area (Å²) in [6.07, 6.45) is 3.85. The molecule has 0 saturated carbocycles. The number of aromatic nitrogens is 3. The quantitative estimate of drug-likeness (QED) is 0.903. The summed E-state index contributed by atoms with van der Waals surface area (Å²) < 4.78 is 15.0. The first-order valence-electron chi connectivity index (χ1n) is 8.91. The standard InChI is InChI=1S/C19H27FN4O/c1-19(2,3)24-18(21-13-22-24)12-23-10-4-5-16(23)11-17(25)14-6-8-15(20)9-7-14/h6-9,13,16-17,25H,4-5,10-12H2,1-3H3/t16-,17+/m0/s1. The van der Waals surface area contributed by atoms with Crippen molar-refractivity contribution in [3.63, 3.8) is 0 Å². The molecule has 0 spiro atoms. The number of aliphatic hydroxyl groups is 1. The maximum absolute atomic E-state index is 13.1. The van der Waals surface area contributed by atoms with Crippen LogP contribution in [0.1, 0.15) is 57.5 Å². The van der Waals surface area contributed by atoms with E-state index in [-0.39, 0.29) is 11.4 Å². The van der Waals surface area contributed by atoms with Crippen molar-refractivity contribution in [2.75, 3.05) is 6.54 Å². The highest BCUT2D eigenvalue weighted by Gasteiger charge is 2.29. The van der Waals surface area contributed by atoms with Gasteiger partial charge in [0.25, 0.3) is 0 Å². The lowest BCUT2D eigenvalue weighted by molar-refractivity contribution is 0.115. The summed E-state index contributed by atoms with van der Waals surface area (Å²) in [5.41, 5.74) is 0.667. The largest absolute Gasteiger partial charge is 0.388 e. The summed E-state index contributed by atoms with van der Waals surface area (Å²) in [5.74, 6) is 0.677. The fourth-order valence-corrected chi connectivity index (χ4v) is 3.56. The van der Waals surface area contributed by atoms with Crippen molar-refractivity contribution in [1.29, 1.82) is 0 Å². The molecule has 0 aliphatic carbocycles. The van der Waals surface area contributed by atoms with Crippen LogP contribution in [0.25, 0.3) is 0 Å². The van der Waals surface area contributed by atoms with Crippen molar-refractivity contribution < 1.29 is 9.50 Å². The van der Waals surface area contributed by atoms with E-state index in [1.165, 1.54) is 12.1 Å². The summed E-state index contributed by atoms with van der Waals surface area (Å²) in [6, 6.07) is 6.42. The van der Waals surface area contributed by atoms with Gasteiger partial charge in [-0.15, -0.1) is 0 Å². The zero-order valence-electron chi connectivity index (χ0n) is 15.2. The first-order valence-corrected chi connectivity index (χ1v) is 8.91. The fraction of sp³-hybridized carbons (Fsp3) is 0.579. The Hall–Kier alpha value is -1.79. The van der Waals surface area contributed by atoms with Crippen molar-refractivity contribution >= 4 is 0 Å². The molecule has 136 valence electrons. The van der Waals surface area contributed by atoms with Crippen molar-refractivity contribution in [2.24, 2.45) is 0 Å². The normalized spacial score (nSPS) is 20.1. The molecule has 1 N–H and O–H groups in total. The smallest absolute Gasteiger partial charge is 0.141 e. The van der Waals surface area contributed by atoms with E-state index >= 15 is 0 Å². The van der Waals surface area contributed by atoms with Gasteiger partial charge in [-0.3, -0.25) is 4.90 Å². The van der Waals surface area contributed by atoms with Crippen molar-refractivity contribution in [3.8, 4) is 0 Å². The van der Waals surface area contributed by atoms with E-state index in [4.69, 9.17) is 0 Å². The van der Waals surface area contributed by atoms with E-state index in [0.717, 1.165) is 37.3 Å². The van der Waals surface area contributed by atoms with Gasteiger partial charge in [0.1, 0.15) is 18.0 Å². The molecule has 1 aromatic carbocycles. The predicted octanol–water partition coefficient (Wildman–Crippen LogP) is 3.26. The Bertz CT molecular complexity index is 692. The summed E-state index contributed by atoms with van der Waals surface area (Å²) in [4.78, 5) is 6.81. The topological polar surface area (TPSA) is 54.2 Å². The molecule has 1 fully saturated rings. The summed E-state index contributed by atoms with van der Waals surface area (Å²) in [5, 5.41) is 14.9. The Morgan fingerprint density at radius 2 is 2.00 bits per heavy atom. The fourth-order valence-electron chi connectivity index (χ4n) is 3.56. The van der Waals surface area contributed by atoms with Crippen LogP contribution >= 0.6 is 0 Å². The molecular formula is C19H27FN4O. The number of halogens is 1. The Labute approximate surface area is 148 Å². The van der Waals surface area contributed by atoms with Gasteiger partial charge in [-0.1, -0.05) is 12.1 Å². The molecule has 0 bridgehead atoms. The lowest BCUT2D eigenvalue weighted by Gasteiger charge is -2.28. The van der Waals surface area contributed by atoms with E-state index in [9.17, 15) is 9.50 Å². The highest BCUT2D eigenvalue weighted by atomic mass is 19.1. The molecule has 1 aliphatic rings. The summed E-state index contributed by atoms with van der Waals surface area (Å²) >= 11 is 0. The van der Waals surface area contributed by atoms with Gasteiger partial charge in [-0.05, 0) is 64.3 Å². The van der Waals surface area contributed by atoms with E-state index in [2.05, 4.69) is 35.8 Å². The van der Waals surface area contributed by atoms with Gasteiger partial charge in [0.15, 0.2) is 0 Å². The molecule has 3 rings (SSSR count). The van der Waals surface area contributed by atoms with Gasteiger partial charge in [0.05, 0.1) is 18.2 Å². The van der Waals surface area contributed by atoms with Gasteiger partial charge >= 0.3 is 0 Å². The first-order chi connectivity index (χ1) is 11.8. The number of hydrogen-bond donors (Lipinski definition) is 1. The second-order valence-electron chi connectivity index (χ2n) is 7.83. The minimum absolute atomic E-state index is 0.103. The lowest BCUT2D eigenvalue weighted by atomic mass is 10.0. The minimum Gasteiger partial charge on any atom is -0.388 e. The van der Waals surface area contributed by atoms with Gasteiger partial charge in [-0.2, -0.15) is 5.10 Å². The Balaban J connectivity index is 1.67. The lowest BCUT2D eigenvalue weighted by Crippen LogP contribution is -2.34. The monoisotopic (exact) mass is 346 g/mol. The van der Waals surface area contributed by atoms with Crippen LogP contribution in [0.15, 0.2) is 30.6 Å². The number of likely N-dealkylation sites (tertiary alicyclic amines) is 1. The molecule has 2 heterocycles. The van der Waals surface area contributed by atoms with E-state index in [0.29, 0.717) is 12.5 Å². The Kier molecular flexibility index (Phi) is 5.20. The highest BCUT2D eigenvalue weighted by Crippen LogP contribution is 2.29. The second-order valence-corrected chi connectivity index (χ2v) is 7.83. The third kappa shape index (κ3) is 4.25. The van der Waals surface area contributed by atoms with Crippen LogP contribution in [0.5, 0.6) is 0 Å². The van der Waals surface area contributed by atoms with Gasteiger partial charge in [0.2, 0.25) is 0 Å². The summed E-state index contributed by atoms with van der Waals surface area (Å²) in [7, 11) is 0. The third-order valence-corrected chi connectivity index (χ3v) is 4.85. The van der Waals surface area contributed by atoms with Crippen LogP contribution in [0.4, 0.5) is 4.39 Å². The molecule has 1 aromatic heterocycles. The van der Waals surface area contributed by atoms with Crippen LogP contribution in [0.2, 0.25) is 0 Å². The SMILES string of the molecule is CC(C)(C)n1ncnc1CN1CCC[C@H]1C[C@@H](O)c1ccc(F)cc1. The molecule has 6 heteroatoms. The molecule has 2 aromatic rings. The molecule has 2 atom stereocenters. The number of benzene rings is 1. The molecule has 25 heavy (non-hydrogen) atoms. The van der Waals surface area contributed by atoms with Gasteiger partial charge in [-0.25, -0.2) is 14.1 Å². The minimum atomic E-state index is -0.577. The Morgan fingerprint density at radius 1 is 1.28 bits per heavy atom. The van der Waals surface area contributed by atoms with Gasteiger partial charge in [0, 0.05) is 6.04 Å². The molecule has 1 saturated heterocycles. The third-order valence-electron chi connectivity index (χ3n) is 4.85. The van der Waals surface area contributed by atoms with Crippen molar-refractivity contribution in [2.45, 2.75) is 64.3 Å². The van der Waals surface area contributed by atoms with E-state index in [1.54, 1.807) is 18.5 Å². The van der Waals surface area contributed by atoms with Crippen LogP contribution in [0.3, 0.4) is 0 Å². The number of aliphatic hydroxyl groups excluding tert-OH is 1. The summed E-state index contributed by atoms with van der Waals surface area (Å²) in [6.45, 7) is 8.08. The molecular weight excluding hydrogens is 319 g/mol. The molecule has 0 unspecified atom stereocenters. The van der Waals surface area contributed by atoms with Crippen molar-refractivity contribution in [3.05, 3.63) is 47.8 Å². The number of rotatable bonds is 5. The maximum atomic E-state index is 13.1. The number of hydrogen-bond acceptors (Lipinski definition) is 4. The average molecular weight is 346 g/mol. The predicted molar refractivity (Wildman–Crippen MR) is 94.4 cm³/mol. The first kappa shape index (κ1) is 18.0. The maximum Gasteiger partial charge on any atom is 0.141 e. The molecule has 5 nitrogen and oxygen atoms in total. The number of nitrogens with zero attached hydrogens (tertiary/aromatic N) is 4. The Morgan fingerprint density at radius 3 is 2.68 bits per heavy atom. The van der Waals surface area contributed by atoms with Crippen molar-refractivity contribution in [1.82, 2.24) is 19.7 Å². The van der Waals surface area contributed by atoms with Crippen LogP contribution < -0.4 is 0 Å². The van der Waals surface area contributed by atoms with Crippen LogP contribution in [-0.4, -0.2) is 37.4 Å². The van der Waals surface area contributed by atoms with Crippen LogP contribution in [-0.2, 0) is 12.1 Å². The molecule has 0 amide bonds. The van der Waals surface area contributed by atoms with E-state index in [1.807, 2.05) is 4.68 Å². The molecule has 0 radical (unpaired) electrons. The van der Waals surface area contributed by atoms with Crippen LogP contribution in [0, 0.1) is 5.82 Å². The average Bonchev–Trinajstić information content (AvgIpc) is 3.18. The molecule has 1 aliphatic heterocycles. The highest BCUT2D eigenvalue weighted by molar-refractivity contribution is 5.18. The second kappa shape index (κ2) is 7.22.